The summed E-state index contributed by atoms with van der Waals surface area (Å²) in [5.41, 5.74) is 1.18. The van der Waals surface area contributed by atoms with Gasteiger partial charge in [0, 0.05) is 29.7 Å². The van der Waals surface area contributed by atoms with E-state index in [9.17, 15) is 18.8 Å². The first-order chi connectivity index (χ1) is 16.9. The number of nitrogens with one attached hydrogen (secondary N) is 3. The van der Waals surface area contributed by atoms with Crippen molar-refractivity contribution in [2.45, 2.75) is 25.8 Å². The highest BCUT2D eigenvalue weighted by Crippen LogP contribution is 2.19. The Labute approximate surface area is 207 Å². The molecule has 3 aromatic rings. The molecular weight excluding hydrogens is 467 g/mol. The average Bonchev–Trinajstić information content (AvgIpc) is 3.28. The Hall–Kier alpha value is -3.56. The Kier molecular flexibility index (Phi) is 7.89. The van der Waals surface area contributed by atoms with Crippen molar-refractivity contribution in [3.8, 4) is 0 Å². The van der Waals surface area contributed by atoms with Gasteiger partial charge in [-0.1, -0.05) is 12.1 Å². The summed E-state index contributed by atoms with van der Waals surface area (Å²) in [6.45, 7) is 3.54. The van der Waals surface area contributed by atoms with Gasteiger partial charge < -0.3 is 16.0 Å². The fraction of sp³-hybridized carbons (Fsp3) is 0.269. The summed E-state index contributed by atoms with van der Waals surface area (Å²) >= 11 is 1.48. The molecule has 0 aliphatic carbocycles. The number of amides is 3. The van der Waals surface area contributed by atoms with Crippen LogP contribution in [0, 0.1) is 12.7 Å². The first-order valence-corrected chi connectivity index (χ1v) is 12.2. The molecule has 3 amide bonds. The molecule has 3 N–H and O–H groups in total. The van der Waals surface area contributed by atoms with E-state index >= 15 is 0 Å². The Morgan fingerprint density at radius 1 is 0.943 bits per heavy atom. The minimum atomic E-state index is -0.398. The molecule has 0 bridgehead atoms. The van der Waals surface area contributed by atoms with Crippen LogP contribution in [0.1, 0.15) is 37.7 Å². The number of nitrogens with zero attached hydrogens (tertiary/aromatic N) is 1. The molecule has 2 aromatic carbocycles. The van der Waals surface area contributed by atoms with Gasteiger partial charge in [-0.3, -0.25) is 19.3 Å². The number of piperidine rings is 1. The maximum atomic E-state index is 13.1. The van der Waals surface area contributed by atoms with E-state index in [1.807, 2.05) is 24.0 Å². The van der Waals surface area contributed by atoms with E-state index in [1.54, 1.807) is 24.3 Å². The van der Waals surface area contributed by atoms with Crippen molar-refractivity contribution in [2.75, 3.05) is 30.3 Å². The number of thiophene rings is 1. The van der Waals surface area contributed by atoms with E-state index in [4.69, 9.17) is 0 Å². The molecular formula is C26H27FN4O3S. The van der Waals surface area contributed by atoms with Crippen LogP contribution in [0.2, 0.25) is 0 Å². The van der Waals surface area contributed by atoms with Crippen LogP contribution >= 0.6 is 11.3 Å². The molecule has 9 heteroatoms. The summed E-state index contributed by atoms with van der Waals surface area (Å²) < 4.78 is 13.1. The predicted molar refractivity (Wildman–Crippen MR) is 135 cm³/mol. The Morgan fingerprint density at radius 3 is 2.34 bits per heavy atom. The lowest BCUT2D eigenvalue weighted by atomic mass is 10.0. The maximum Gasteiger partial charge on any atom is 0.261 e. The van der Waals surface area contributed by atoms with Crippen molar-refractivity contribution in [3.05, 3.63) is 81.8 Å². The van der Waals surface area contributed by atoms with Gasteiger partial charge in [-0.15, -0.1) is 11.3 Å². The summed E-state index contributed by atoms with van der Waals surface area (Å²) in [5, 5.41) is 8.63. The predicted octanol–water partition coefficient (Wildman–Crippen LogP) is 4.28. The largest absolute Gasteiger partial charge is 0.349 e. The minimum Gasteiger partial charge on any atom is -0.349 e. The first-order valence-electron chi connectivity index (χ1n) is 11.4. The molecule has 2 heterocycles. The lowest BCUT2D eigenvalue weighted by Gasteiger charge is -2.31. The van der Waals surface area contributed by atoms with E-state index in [0.717, 1.165) is 17.7 Å². The molecule has 182 valence electrons. The van der Waals surface area contributed by atoms with Crippen LogP contribution in [0.25, 0.3) is 0 Å². The van der Waals surface area contributed by atoms with Gasteiger partial charge in [0.15, 0.2) is 0 Å². The zero-order valence-corrected chi connectivity index (χ0v) is 20.2. The van der Waals surface area contributed by atoms with Crippen LogP contribution in [0.15, 0.2) is 60.7 Å². The number of hydrogen-bond acceptors (Lipinski definition) is 5. The normalized spacial score (nSPS) is 14.3. The summed E-state index contributed by atoms with van der Waals surface area (Å²) in [6, 6.07) is 16.1. The number of likely N-dealkylation sites (tertiary alicyclic amines) is 1. The smallest absolute Gasteiger partial charge is 0.261 e. The van der Waals surface area contributed by atoms with Crippen LogP contribution in [-0.2, 0) is 4.79 Å². The molecule has 1 fully saturated rings. The second-order valence-corrected chi connectivity index (χ2v) is 9.78. The van der Waals surface area contributed by atoms with Gasteiger partial charge >= 0.3 is 0 Å². The highest BCUT2D eigenvalue weighted by Gasteiger charge is 2.23. The number of rotatable bonds is 7. The van der Waals surface area contributed by atoms with Crippen molar-refractivity contribution < 1.29 is 18.8 Å². The highest BCUT2D eigenvalue weighted by atomic mass is 32.1. The number of halogens is 1. The van der Waals surface area contributed by atoms with Gasteiger partial charge in [-0.2, -0.15) is 0 Å². The maximum absolute atomic E-state index is 13.1. The van der Waals surface area contributed by atoms with E-state index in [0.29, 0.717) is 34.9 Å². The number of benzene rings is 2. The standard InChI is InChI=1S/C26H27FN4O3S/c1-17-6-11-23(35-17)26(34)29-20-12-14-31(15-13-20)16-24(32)30-22-5-3-2-4-21(22)25(33)28-19-9-7-18(27)8-10-19/h2-11,20H,12-16H2,1H3,(H,28,33)(H,29,34)(H,30,32). The number of anilines is 2. The fourth-order valence-electron chi connectivity index (χ4n) is 3.96. The van der Waals surface area contributed by atoms with Gasteiger partial charge in [-0.05, 0) is 68.3 Å². The van der Waals surface area contributed by atoms with E-state index in [-0.39, 0.29) is 30.2 Å². The summed E-state index contributed by atoms with van der Waals surface area (Å²) in [4.78, 5) is 41.7. The lowest BCUT2D eigenvalue weighted by Crippen LogP contribution is -2.46. The topological polar surface area (TPSA) is 90.5 Å². The molecule has 0 saturated carbocycles. The van der Waals surface area contributed by atoms with E-state index in [1.165, 1.54) is 35.6 Å². The highest BCUT2D eigenvalue weighted by molar-refractivity contribution is 7.13. The van der Waals surface area contributed by atoms with Crippen molar-refractivity contribution in [3.63, 3.8) is 0 Å². The monoisotopic (exact) mass is 494 g/mol. The minimum absolute atomic E-state index is 0.0465. The zero-order valence-electron chi connectivity index (χ0n) is 19.3. The third-order valence-corrected chi connectivity index (χ3v) is 6.80. The van der Waals surface area contributed by atoms with Crippen molar-refractivity contribution >= 4 is 40.4 Å². The van der Waals surface area contributed by atoms with Crippen LogP contribution in [-0.4, -0.2) is 48.3 Å². The van der Waals surface area contributed by atoms with E-state index < -0.39 is 5.91 Å². The van der Waals surface area contributed by atoms with Gasteiger partial charge in [0.1, 0.15) is 5.82 Å². The quantitative estimate of drug-likeness (QED) is 0.457. The summed E-state index contributed by atoms with van der Waals surface area (Å²) in [5.74, 6) is -1.05. The van der Waals surface area contributed by atoms with Crippen molar-refractivity contribution in [2.24, 2.45) is 0 Å². The zero-order chi connectivity index (χ0) is 24.8. The summed E-state index contributed by atoms with van der Waals surface area (Å²) in [7, 11) is 0. The van der Waals surface area contributed by atoms with Gasteiger partial charge in [-0.25, -0.2) is 4.39 Å². The Bertz CT molecular complexity index is 1200. The molecule has 0 atom stereocenters. The molecule has 0 radical (unpaired) electrons. The molecule has 1 aromatic heterocycles. The molecule has 7 nitrogen and oxygen atoms in total. The van der Waals surface area contributed by atoms with Crippen LogP contribution < -0.4 is 16.0 Å². The number of carbonyl (C=O) groups is 3. The molecule has 4 rings (SSSR count). The average molecular weight is 495 g/mol. The van der Waals surface area contributed by atoms with Crippen LogP contribution in [0.3, 0.4) is 0 Å². The molecule has 1 aliphatic rings. The molecule has 1 aliphatic heterocycles. The molecule has 0 unspecified atom stereocenters. The van der Waals surface area contributed by atoms with E-state index in [2.05, 4.69) is 16.0 Å². The van der Waals surface area contributed by atoms with Gasteiger partial charge in [0.25, 0.3) is 11.8 Å². The SMILES string of the molecule is Cc1ccc(C(=O)NC2CCN(CC(=O)Nc3ccccc3C(=O)Nc3ccc(F)cc3)CC2)s1. The third kappa shape index (κ3) is 6.74. The number of hydrogen-bond donors (Lipinski definition) is 3. The lowest BCUT2D eigenvalue weighted by molar-refractivity contribution is -0.117. The number of carbonyl (C=O) groups excluding carboxylic acids is 3. The summed E-state index contributed by atoms with van der Waals surface area (Å²) in [6.07, 6.45) is 1.53. The molecule has 1 saturated heterocycles. The number of aryl methyl sites for hydroxylation is 1. The molecule has 35 heavy (non-hydrogen) atoms. The Morgan fingerprint density at radius 2 is 1.66 bits per heavy atom. The molecule has 0 spiro atoms. The first kappa shape index (κ1) is 24.6. The van der Waals surface area contributed by atoms with Crippen LogP contribution in [0.4, 0.5) is 15.8 Å². The fourth-order valence-corrected chi connectivity index (χ4v) is 4.73. The number of para-hydroxylation sites is 1. The van der Waals surface area contributed by atoms with Crippen LogP contribution in [0.5, 0.6) is 0 Å². The van der Waals surface area contributed by atoms with Crippen molar-refractivity contribution in [1.29, 1.82) is 0 Å². The van der Waals surface area contributed by atoms with Gasteiger partial charge in [0.2, 0.25) is 5.91 Å². The second kappa shape index (κ2) is 11.2. The Balaban J connectivity index is 1.27. The third-order valence-electron chi connectivity index (χ3n) is 5.80. The van der Waals surface area contributed by atoms with Gasteiger partial charge in [0.05, 0.1) is 22.7 Å². The van der Waals surface area contributed by atoms with Crippen molar-refractivity contribution in [1.82, 2.24) is 10.2 Å². The second-order valence-electron chi connectivity index (χ2n) is 8.49.